The van der Waals surface area contributed by atoms with E-state index in [0.717, 1.165) is 11.3 Å². The summed E-state index contributed by atoms with van der Waals surface area (Å²) in [5.74, 6) is 0. The molecule has 0 saturated carbocycles. The van der Waals surface area contributed by atoms with Gasteiger partial charge < -0.3 is 0 Å². The second-order valence-corrected chi connectivity index (χ2v) is 2.32. The Hall–Kier alpha value is -1.10. The molecule has 0 spiro atoms. The smallest absolute Gasteiger partial charge is 0.229 e. The fourth-order valence-electron chi connectivity index (χ4n) is 0.383. The van der Waals surface area contributed by atoms with Crippen LogP contribution < -0.4 is 0 Å². The third-order valence-corrected chi connectivity index (χ3v) is 1.54. The summed E-state index contributed by atoms with van der Waals surface area (Å²) in [7, 11) is 0. The topological polar surface area (TPSA) is 66.2 Å². The van der Waals surface area contributed by atoms with Crippen LogP contribution in [0, 0.1) is 5.53 Å². The van der Waals surface area contributed by atoms with Gasteiger partial charge in [-0.1, -0.05) is 11.3 Å². The van der Waals surface area contributed by atoms with Crippen LogP contribution in [0.4, 0.5) is 5.13 Å². The molecule has 1 N–H and O–H groups in total. The Kier molecular flexibility index (Phi) is 1.64. The zero-order valence-electron chi connectivity index (χ0n) is 4.37. The Morgan fingerprint density at radius 2 is 2.67 bits per heavy atom. The van der Waals surface area contributed by atoms with E-state index in [1.165, 1.54) is 6.20 Å². The fourth-order valence-corrected chi connectivity index (χ4v) is 0.899. The highest BCUT2D eigenvalue weighted by molar-refractivity contribution is 7.16. The highest BCUT2D eigenvalue weighted by Crippen LogP contribution is 2.18. The van der Waals surface area contributed by atoms with E-state index in [4.69, 9.17) is 5.53 Å². The van der Waals surface area contributed by atoms with Crippen molar-refractivity contribution < 1.29 is 4.79 Å². The minimum Gasteiger partial charge on any atom is -0.297 e. The van der Waals surface area contributed by atoms with E-state index in [0.29, 0.717) is 16.3 Å². The predicted octanol–water partition coefficient (Wildman–Crippen LogP) is 1.62. The van der Waals surface area contributed by atoms with E-state index in [2.05, 4.69) is 10.1 Å². The predicted molar refractivity (Wildman–Crippen MR) is 32.3 cm³/mol. The Morgan fingerprint density at radius 1 is 1.89 bits per heavy atom. The SMILES string of the molecule is N=Nc1ncc(C=O)s1. The number of aldehydes is 1. The minimum absolute atomic E-state index is 0.317. The van der Waals surface area contributed by atoms with E-state index < -0.39 is 0 Å². The van der Waals surface area contributed by atoms with Crippen molar-refractivity contribution in [2.24, 2.45) is 5.11 Å². The van der Waals surface area contributed by atoms with Crippen molar-refractivity contribution in [2.45, 2.75) is 0 Å². The molecule has 0 aromatic carbocycles. The Morgan fingerprint density at radius 3 is 3.00 bits per heavy atom. The zero-order chi connectivity index (χ0) is 6.69. The molecule has 4 nitrogen and oxygen atoms in total. The minimum atomic E-state index is 0.317. The van der Waals surface area contributed by atoms with Crippen molar-refractivity contribution in [1.29, 1.82) is 5.53 Å². The molecule has 5 heteroatoms. The maximum atomic E-state index is 10.0. The Bertz CT molecular complexity index is 209. The lowest BCUT2D eigenvalue weighted by atomic mass is 10.6. The average molecular weight is 141 g/mol. The van der Waals surface area contributed by atoms with Gasteiger partial charge in [0.25, 0.3) is 0 Å². The molecule has 46 valence electrons. The lowest BCUT2D eigenvalue weighted by molar-refractivity contribution is 0.112. The number of aromatic nitrogens is 1. The molecular formula is C4H3N3OS. The van der Waals surface area contributed by atoms with E-state index in [-0.39, 0.29) is 0 Å². The average Bonchev–Trinajstić information content (AvgIpc) is 2.34. The summed E-state index contributed by atoms with van der Waals surface area (Å²) in [6.07, 6.45) is 2.08. The molecular weight excluding hydrogens is 138 g/mol. The van der Waals surface area contributed by atoms with E-state index in [1.54, 1.807) is 0 Å². The molecule has 0 unspecified atom stereocenters. The van der Waals surface area contributed by atoms with Gasteiger partial charge in [0.1, 0.15) is 0 Å². The molecule has 0 amide bonds. The normalized spacial score (nSPS) is 8.89. The largest absolute Gasteiger partial charge is 0.297 e. The van der Waals surface area contributed by atoms with Crippen molar-refractivity contribution in [3.63, 3.8) is 0 Å². The van der Waals surface area contributed by atoms with Crippen LogP contribution in [0.15, 0.2) is 11.3 Å². The number of hydrogen-bond donors (Lipinski definition) is 1. The first-order chi connectivity index (χ1) is 4.36. The summed E-state index contributed by atoms with van der Waals surface area (Å²) in [4.78, 5) is 14.1. The number of rotatable bonds is 2. The van der Waals surface area contributed by atoms with E-state index in [9.17, 15) is 4.79 Å². The molecule has 1 rings (SSSR count). The quantitative estimate of drug-likeness (QED) is 0.502. The molecule has 0 fully saturated rings. The molecule has 0 saturated heterocycles. The lowest BCUT2D eigenvalue weighted by Gasteiger charge is -1.70. The first-order valence-electron chi connectivity index (χ1n) is 2.15. The monoisotopic (exact) mass is 141 g/mol. The number of nitrogens with one attached hydrogen (secondary N) is 1. The summed E-state index contributed by atoms with van der Waals surface area (Å²) in [5, 5.41) is 3.35. The van der Waals surface area contributed by atoms with Crippen LogP contribution >= 0.6 is 11.3 Å². The number of nitrogens with zero attached hydrogens (tertiary/aromatic N) is 2. The number of carbonyl (C=O) groups is 1. The molecule has 0 bridgehead atoms. The van der Waals surface area contributed by atoms with Crippen LogP contribution in [0.5, 0.6) is 0 Å². The summed E-state index contributed by atoms with van der Waals surface area (Å²) < 4.78 is 0. The molecule has 0 aliphatic rings. The summed E-state index contributed by atoms with van der Waals surface area (Å²) in [6.45, 7) is 0. The number of hydrogen-bond acceptors (Lipinski definition) is 5. The van der Waals surface area contributed by atoms with Gasteiger partial charge >= 0.3 is 0 Å². The zero-order valence-corrected chi connectivity index (χ0v) is 5.18. The molecule has 1 heterocycles. The summed E-state index contributed by atoms with van der Waals surface area (Å²) in [6, 6.07) is 0. The van der Waals surface area contributed by atoms with Crippen LogP contribution in [0.1, 0.15) is 9.67 Å². The van der Waals surface area contributed by atoms with Crippen molar-refractivity contribution >= 4 is 22.8 Å². The molecule has 1 aromatic rings. The summed E-state index contributed by atoms with van der Waals surface area (Å²) in [5.41, 5.74) is 6.49. The van der Waals surface area contributed by atoms with Crippen molar-refractivity contribution in [2.75, 3.05) is 0 Å². The Labute approximate surface area is 55.1 Å². The van der Waals surface area contributed by atoms with Gasteiger partial charge in [0.2, 0.25) is 5.13 Å². The first kappa shape index (κ1) is 6.03. The van der Waals surface area contributed by atoms with Crippen LogP contribution in [-0.2, 0) is 0 Å². The third kappa shape index (κ3) is 1.17. The molecule has 0 atom stereocenters. The van der Waals surface area contributed by atoms with Gasteiger partial charge in [-0.25, -0.2) is 10.5 Å². The van der Waals surface area contributed by atoms with Gasteiger partial charge in [0.05, 0.1) is 11.1 Å². The van der Waals surface area contributed by atoms with Crippen molar-refractivity contribution in [3.05, 3.63) is 11.1 Å². The van der Waals surface area contributed by atoms with Gasteiger partial charge in [0, 0.05) is 0 Å². The van der Waals surface area contributed by atoms with E-state index >= 15 is 0 Å². The van der Waals surface area contributed by atoms with Crippen LogP contribution in [0.3, 0.4) is 0 Å². The summed E-state index contributed by atoms with van der Waals surface area (Å²) >= 11 is 1.10. The Balaban J connectivity index is 2.98. The molecule has 0 aliphatic heterocycles. The van der Waals surface area contributed by atoms with Crippen LogP contribution in [0.2, 0.25) is 0 Å². The number of thiazole rings is 1. The van der Waals surface area contributed by atoms with Gasteiger partial charge in [-0.15, -0.1) is 5.11 Å². The van der Waals surface area contributed by atoms with Gasteiger partial charge in [-0.3, -0.25) is 4.79 Å². The highest BCUT2D eigenvalue weighted by Gasteiger charge is 1.96. The maximum absolute atomic E-state index is 10.0. The first-order valence-corrected chi connectivity index (χ1v) is 2.97. The van der Waals surface area contributed by atoms with Gasteiger partial charge in [-0.2, -0.15) is 0 Å². The second-order valence-electron chi connectivity index (χ2n) is 1.27. The van der Waals surface area contributed by atoms with Gasteiger partial charge in [-0.05, 0) is 0 Å². The van der Waals surface area contributed by atoms with Crippen LogP contribution in [-0.4, -0.2) is 11.3 Å². The molecule has 9 heavy (non-hydrogen) atoms. The molecule has 0 aliphatic carbocycles. The second kappa shape index (κ2) is 2.45. The standard InChI is InChI=1S/C4H3N3OS/c5-7-4-6-1-3(2-8)9-4/h1-2,5H. The molecule has 1 aromatic heterocycles. The number of carbonyl (C=O) groups excluding carboxylic acids is 1. The van der Waals surface area contributed by atoms with Crippen molar-refractivity contribution in [3.8, 4) is 0 Å². The fraction of sp³-hybridized carbons (Fsp3) is 0. The van der Waals surface area contributed by atoms with Crippen LogP contribution in [0.25, 0.3) is 0 Å². The maximum Gasteiger partial charge on any atom is 0.229 e. The molecule has 0 radical (unpaired) electrons. The van der Waals surface area contributed by atoms with Crippen molar-refractivity contribution in [1.82, 2.24) is 4.98 Å². The van der Waals surface area contributed by atoms with Gasteiger partial charge in [0.15, 0.2) is 6.29 Å². The highest BCUT2D eigenvalue weighted by atomic mass is 32.1. The van der Waals surface area contributed by atoms with E-state index in [1.807, 2.05) is 0 Å². The lowest BCUT2D eigenvalue weighted by Crippen LogP contribution is -1.63. The third-order valence-electron chi connectivity index (χ3n) is 0.723.